The Kier molecular flexibility index (Phi) is 2.26. The molecule has 0 aromatic carbocycles. The minimum absolute atomic E-state index is 0.0698. The lowest BCUT2D eigenvalue weighted by Crippen LogP contribution is -2.35. The van der Waals surface area contributed by atoms with Gasteiger partial charge in [0.1, 0.15) is 11.3 Å². The molecule has 5 aliphatic rings. The summed E-state index contributed by atoms with van der Waals surface area (Å²) in [7, 11) is 0. The summed E-state index contributed by atoms with van der Waals surface area (Å²) >= 11 is 0. The van der Waals surface area contributed by atoms with E-state index in [2.05, 4.69) is 21.6 Å². The third kappa shape index (κ3) is 1.69. The fraction of sp³-hybridized carbons (Fsp3) is 0.722. The van der Waals surface area contributed by atoms with E-state index in [9.17, 15) is 4.79 Å². The molecule has 3 aliphatic carbocycles. The molecule has 3 heterocycles. The van der Waals surface area contributed by atoms with Crippen molar-refractivity contribution >= 4 is 11.6 Å². The molecule has 1 aromatic heterocycles. The standard InChI is InChI=1S/C18H22N4O2/c1-17(15-6-18(4-5-18)24-20-15)12-7-21(8-13(12)17)16(23)14-9-22(10-19-14)11-2-3-11/h9-13H,2-8H2,1H3. The van der Waals surface area contributed by atoms with Crippen LogP contribution in [0, 0.1) is 17.3 Å². The van der Waals surface area contributed by atoms with Gasteiger partial charge in [-0.15, -0.1) is 0 Å². The van der Waals surface area contributed by atoms with Crippen molar-refractivity contribution in [3.8, 4) is 0 Å². The van der Waals surface area contributed by atoms with Gasteiger partial charge in [-0.05, 0) is 37.5 Å². The summed E-state index contributed by atoms with van der Waals surface area (Å²) in [6.45, 7) is 3.99. The number of fused-ring (bicyclic) bond motifs is 1. The smallest absolute Gasteiger partial charge is 0.274 e. The monoisotopic (exact) mass is 326 g/mol. The van der Waals surface area contributed by atoms with Crippen LogP contribution in [-0.4, -0.2) is 44.8 Å². The van der Waals surface area contributed by atoms with Crippen LogP contribution in [0.5, 0.6) is 0 Å². The van der Waals surface area contributed by atoms with Crippen molar-refractivity contribution in [3.05, 3.63) is 18.2 Å². The van der Waals surface area contributed by atoms with Crippen LogP contribution in [0.3, 0.4) is 0 Å². The molecule has 6 nitrogen and oxygen atoms in total. The quantitative estimate of drug-likeness (QED) is 0.856. The Bertz CT molecular complexity index is 762. The van der Waals surface area contributed by atoms with Crippen LogP contribution in [0.25, 0.3) is 0 Å². The van der Waals surface area contributed by atoms with Gasteiger partial charge >= 0.3 is 0 Å². The summed E-state index contributed by atoms with van der Waals surface area (Å²) in [4.78, 5) is 24.7. The van der Waals surface area contributed by atoms with Crippen LogP contribution >= 0.6 is 0 Å². The molecule has 4 fully saturated rings. The zero-order valence-electron chi connectivity index (χ0n) is 13.9. The van der Waals surface area contributed by atoms with Crippen LogP contribution in [0.15, 0.2) is 17.7 Å². The second-order valence-corrected chi connectivity index (χ2v) is 8.63. The molecule has 3 saturated carbocycles. The molecule has 6 rings (SSSR count). The molecule has 2 unspecified atom stereocenters. The first-order valence-corrected chi connectivity index (χ1v) is 9.17. The molecule has 2 aliphatic heterocycles. The fourth-order valence-corrected chi connectivity index (χ4v) is 4.87. The number of carbonyl (C=O) groups excluding carboxylic acids is 1. The molecule has 0 bridgehead atoms. The third-order valence-corrected chi connectivity index (χ3v) is 7.10. The van der Waals surface area contributed by atoms with E-state index in [1.807, 2.05) is 17.4 Å². The number of hydrogen-bond donors (Lipinski definition) is 0. The number of aromatic nitrogens is 2. The van der Waals surface area contributed by atoms with Crippen LogP contribution in [-0.2, 0) is 4.84 Å². The summed E-state index contributed by atoms with van der Waals surface area (Å²) in [5.74, 6) is 1.18. The molecular weight excluding hydrogens is 304 g/mol. The van der Waals surface area contributed by atoms with Crippen molar-refractivity contribution in [2.24, 2.45) is 22.4 Å². The second kappa shape index (κ2) is 4.03. The predicted molar refractivity (Wildman–Crippen MR) is 86.6 cm³/mol. The van der Waals surface area contributed by atoms with Gasteiger partial charge in [0.25, 0.3) is 5.91 Å². The highest BCUT2D eigenvalue weighted by Crippen LogP contribution is 2.66. The normalized spacial score (nSPS) is 38.0. The Morgan fingerprint density at radius 3 is 2.67 bits per heavy atom. The molecule has 24 heavy (non-hydrogen) atoms. The number of carbonyl (C=O) groups is 1. The molecule has 1 saturated heterocycles. The molecule has 6 heteroatoms. The highest BCUT2D eigenvalue weighted by atomic mass is 16.7. The van der Waals surface area contributed by atoms with Crippen LogP contribution in [0.1, 0.15) is 55.6 Å². The lowest BCUT2D eigenvalue weighted by molar-refractivity contribution is 0.0650. The number of piperidine rings is 1. The Hall–Kier alpha value is -1.85. The first kappa shape index (κ1) is 13.4. The maximum Gasteiger partial charge on any atom is 0.274 e. The molecule has 1 spiro atoms. The third-order valence-electron chi connectivity index (χ3n) is 7.10. The van der Waals surface area contributed by atoms with Gasteiger partial charge in [-0.2, -0.15) is 0 Å². The van der Waals surface area contributed by atoms with E-state index in [4.69, 9.17) is 4.84 Å². The number of nitrogens with zero attached hydrogens (tertiary/aromatic N) is 4. The summed E-state index contributed by atoms with van der Waals surface area (Å²) < 4.78 is 2.09. The number of oxime groups is 1. The lowest BCUT2D eigenvalue weighted by atomic mass is 9.91. The molecule has 0 radical (unpaired) electrons. The summed E-state index contributed by atoms with van der Waals surface area (Å²) in [6.07, 6.45) is 9.47. The lowest BCUT2D eigenvalue weighted by Gasteiger charge is -2.23. The Morgan fingerprint density at radius 1 is 1.29 bits per heavy atom. The largest absolute Gasteiger partial charge is 0.389 e. The van der Waals surface area contributed by atoms with E-state index in [-0.39, 0.29) is 16.9 Å². The van der Waals surface area contributed by atoms with Gasteiger partial charge in [0.05, 0.1) is 12.0 Å². The van der Waals surface area contributed by atoms with E-state index in [0.29, 0.717) is 23.6 Å². The van der Waals surface area contributed by atoms with E-state index in [1.54, 1.807) is 0 Å². The average molecular weight is 326 g/mol. The van der Waals surface area contributed by atoms with Crippen molar-refractivity contribution < 1.29 is 9.63 Å². The van der Waals surface area contributed by atoms with Crippen LogP contribution in [0.4, 0.5) is 0 Å². The van der Waals surface area contributed by atoms with Crippen LogP contribution in [0.2, 0.25) is 0 Å². The number of hydrogen-bond acceptors (Lipinski definition) is 4. The highest BCUT2D eigenvalue weighted by molar-refractivity contribution is 5.97. The molecule has 2 atom stereocenters. The van der Waals surface area contributed by atoms with Gasteiger partial charge in [-0.3, -0.25) is 4.79 Å². The minimum atomic E-state index is 0.0698. The molecular formula is C18H22N4O2. The second-order valence-electron chi connectivity index (χ2n) is 8.63. The number of imidazole rings is 1. The van der Waals surface area contributed by atoms with E-state index < -0.39 is 0 Å². The molecule has 1 aromatic rings. The van der Waals surface area contributed by atoms with Crippen molar-refractivity contribution in [2.45, 2.75) is 50.7 Å². The average Bonchev–Trinajstić information content (AvgIpc) is 3.49. The van der Waals surface area contributed by atoms with E-state index in [1.165, 1.54) is 18.6 Å². The number of amides is 1. The Labute approximate surface area is 140 Å². The molecule has 126 valence electrons. The number of likely N-dealkylation sites (tertiary alicyclic amines) is 1. The summed E-state index contributed by atoms with van der Waals surface area (Å²) in [5, 5.41) is 4.42. The zero-order valence-corrected chi connectivity index (χ0v) is 13.9. The molecule has 0 N–H and O–H groups in total. The summed E-state index contributed by atoms with van der Waals surface area (Å²) in [6, 6.07) is 0.574. The van der Waals surface area contributed by atoms with E-state index in [0.717, 1.165) is 32.4 Å². The van der Waals surface area contributed by atoms with Gasteiger partial charge in [0.2, 0.25) is 0 Å². The van der Waals surface area contributed by atoms with Gasteiger partial charge in [-0.1, -0.05) is 12.1 Å². The van der Waals surface area contributed by atoms with Gasteiger partial charge in [0, 0.05) is 37.2 Å². The van der Waals surface area contributed by atoms with Crippen molar-refractivity contribution in [1.82, 2.24) is 14.5 Å². The van der Waals surface area contributed by atoms with Crippen molar-refractivity contribution in [3.63, 3.8) is 0 Å². The van der Waals surface area contributed by atoms with Crippen LogP contribution < -0.4 is 0 Å². The maximum atomic E-state index is 12.7. The summed E-state index contributed by atoms with van der Waals surface area (Å²) in [5.41, 5.74) is 2.08. The maximum absolute atomic E-state index is 12.7. The Balaban J connectivity index is 1.15. The number of rotatable bonds is 3. The first-order chi connectivity index (χ1) is 11.6. The highest BCUT2D eigenvalue weighted by Gasteiger charge is 2.70. The topological polar surface area (TPSA) is 59.7 Å². The SMILES string of the molecule is CC1(C2=NOC3(CC3)C2)C2CN(C(=O)c3cn(C4CC4)cn3)CC21. The van der Waals surface area contributed by atoms with Crippen molar-refractivity contribution in [1.29, 1.82) is 0 Å². The minimum Gasteiger partial charge on any atom is -0.389 e. The predicted octanol–water partition coefficient (Wildman–Crippen LogP) is 2.24. The Morgan fingerprint density at radius 2 is 2.04 bits per heavy atom. The van der Waals surface area contributed by atoms with Gasteiger partial charge in [-0.25, -0.2) is 4.98 Å². The zero-order chi connectivity index (χ0) is 16.1. The first-order valence-electron chi connectivity index (χ1n) is 9.17. The molecule has 1 amide bonds. The van der Waals surface area contributed by atoms with Gasteiger partial charge < -0.3 is 14.3 Å². The van der Waals surface area contributed by atoms with Crippen molar-refractivity contribution in [2.75, 3.05) is 13.1 Å². The van der Waals surface area contributed by atoms with Gasteiger partial charge in [0.15, 0.2) is 0 Å². The fourth-order valence-electron chi connectivity index (χ4n) is 4.87. The van der Waals surface area contributed by atoms with E-state index >= 15 is 0 Å².